The standard InChI is InChI=1S/C24H24ClN3/c25-22-9-3-1-7-19(22)15-28-16-21(20-8-2-4-10-23(20)28)24(11-5-6-12-24)17-27-14-13-26-18-27/h1-4,7-10,13-14,16,18H,5-6,11-12,15,17H2. The summed E-state index contributed by atoms with van der Waals surface area (Å²) in [5.74, 6) is 0. The van der Waals surface area contributed by atoms with Gasteiger partial charge in [0.1, 0.15) is 0 Å². The van der Waals surface area contributed by atoms with E-state index in [4.69, 9.17) is 11.6 Å². The van der Waals surface area contributed by atoms with Gasteiger partial charge in [-0.1, -0.05) is 60.8 Å². The Hall–Kier alpha value is -2.52. The molecule has 0 unspecified atom stereocenters. The van der Waals surface area contributed by atoms with E-state index in [1.54, 1.807) is 0 Å². The molecule has 28 heavy (non-hydrogen) atoms. The van der Waals surface area contributed by atoms with E-state index in [-0.39, 0.29) is 5.41 Å². The van der Waals surface area contributed by atoms with Crippen LogP contribution in [0.5, 0.6) is 0 Å². The summed E-state index contributed by atoms with van der Waals surface area (Å²) < 4.78 is 4.62. The number of halogens is 1. The normalized spacial score (nSPS) is 16.0. The van der Waals surface area contributed by atoms with Crippen molar-refractivity contribution in [3.8, 4) is 0 Å². The van der Waals surface area contributed by atoms with Gasteiger partial charge in [-0.25, -0.2) is 4.98 Å². The number of para-hydroxylation sites is 1. The minimum atomic E-state index is 0.173. The van der Waals surface area contributed by atoms with Crippen LogP contribution in [-0.4, -0.2) is 14.1 Å². The summed E-state index contributed by atoms with van der Waals surface area (Å²) in [4.78, 5) is 4.27. The molecule has 0 saturated heterocycles. The fourth-order valence-electron chi connectivity index (χ4n) is 4.90. The molecular weight excluding hydrogens is 366 g/mol. The molecule has 1 aliphatic carbocycles. The molecule has 0 aliphatic heterocycles. The highest BCUT2D eigenvalue weighted by atomic mass is 35.5. The van der Waals surface area contributed by atoms with Crippen molar-refractivity contribution >= 4 is 22.5 Å². The molecular formula is C24H24ClN3. The van der Waals surface area contributed by atoms with Gasteiger partial charge in [0.2, 0.25) is 0 Å². The Bertz CT molecular complexity index is 1090. The van der Waals surface area contributed by atoms with Gasteiger partial charge in [0.25, 0.3) is 0 Å². The van der Waals surface area contributed by atoms with Crippen LogP contribution in [-0.2, 0) is 18.5 Å². The van der Waals surface area contributed by atoms with Crippen LogP contribution in [0.2, 0.25) is 5.02 Å². The second-order valence-corrected chi connectivity index (χ2v) is 8.41. The molecule has 2 heterocycles. The van der Waals surface area contributed by atoms with Gasteiger partial charge in [0.15, 0.2) is 0 Å². The second kappa shape index (κ2) is 7.14. The van der Waals surface area contributed by atoms with E-state index in [0.29, 0.717) is 0 Å². The van der Waals surface area contributed by atoms with Crippen LogP contribution in [0.15, 0.2) is 73.4 Å². The van der Waals surface area contributed by atoms with Crippen LogP contribution < -0.4 is 0 Å². The number of aromatic nitrogens is 3. The summed E-state index contributed by atoms with van der Waals surface area (Å²) in [5, 5.41) is 2.20. The van der Waals surface area contributed by atoms with Crippen LogP contribution in [0, 0.1) is 0 Å². The Labute approximate surface area is 170 Å². The largest absolute Gasteiger partial charge is 0.343 e. The zero-order valence-corrected chi connectivity index (χ0v) is 16.6. The van der Waals surface area contributed by atoms with Gasteiger partial charge in [-0.05, 0) is 36.1 Å². The molecule has 0 radical (unpaired) electrons. The van der Waals surface area contributed by atoms with Gasteiger partial charge in [-0.3, -0.25) is 0 Å². The minimum absolute atomic E-state index is 0.173. The fraction of sp³-hybridized carbons (Fsp3) is 0.292. The highest BCUT2D eigenvalue weighted by Crippen LogP contribution is 2.45. The van der Waals surface area contributed by atoms with Crippen molar-refractivity contribution in [3.05, 3.63) is 89.6 Å². The maximum absolute atomic E-state index is 6.46. The summed E-state index contributed by atoms with van der Waals surface area (Å²) in [6.07, 6.45) is 13.3. The number of hydrogen-bond acceptors (Lipinski definition) is 1. The van der Waals surface area contributed by atoms with Crippen molar-refractivity contribution in [2.45, 2.75) is 44.2 Å². The molecule has 0 spiro atoms. The molecule has 0 N–H and O–H groups in total. The summed E-state index contributed by atoms with van der Waals surface area (Å²) in [6.45, 7) is 1.79. The number of fused-ring (bicyclic) bond motifs is 1. The lowest BCUT2D eigenvalue weighted by Gasteiger charge is -2.29. The van der Waals surface area contributed by atoms with Crippen molar-refractivity contribution in [1.29, 1.82) is 0 Å². The highest BCUT2D eigenvalue weighted by Gasteiger charge is 2.38. The third kappa shape index (κ3) is 3.04. The zero-order valence-electron chi connectivity index (χ0n) is 15.9. The Morgan fingerprint density at radius 3 is 2.57 bits per heavy atom. The van der Waals surface area contributed by atoms with Crippen molar-refractivity contribution in [1.82, 2.24) is 14.1 Å². The first-order valence-corrected chi connectivity index (χ1v) is 10.4. The number of benzene rings is 2. The summed E-state index contributed by atoms with van der Waals surface area (Å²) >= 11 is 6.46. The van der Waals surface area contributed by atoms with Crippen molar-refractivity contribution in [3.63, 3.8) is 0 Å². The molecule has 0 bridgehead atoms. The molecule has 2 aromatic heterocycles. The van der Waals surface area contributed by atoms with E-state index in [9.17, 15) is 0 Å². The topological polar surface area (TPSA) is 22.8 Å². The lowest BCUT2D eigenvalue weighted by atomic mass is 9.78. The lowest BCUT2D eigenvalue weighted by molar-refractivity contribution is 0.373. The molecule has 1 fully saturated rings. The van der Waals surface area contributed by atoms with Gasteiger partial charge < -0.3 is 9.13 Å². The maximum atomic E-state index is 6.46. The van der Waals surface area contributed by atoms with Crippen LogP contribution >= 0.6 is 11.6 Å². The SMILES string of the molecule is Clc1ccccc1Cn1cc(C2(Cn3ccnc3)CCCC2)c2ccccc21. The first-order chi connectivity index (χ1) is 13.8. The van der Waals surface area contributed by atoms with Crippen molar-refractivity contribution in [2.75, 3.05) is 0 Å². The first kappa shape index (κ1) is 17.6. The van der Waals surface area contributed by atoms with Crippen molar-refractivity contribution in [2.24, 2.45) is 0 Å². The molecule has 1 saturated carbocycles. The molecule has 3 nitrogen and oxygen atoms in total. The molecule has 5 rings (SSSR count). The van der Waals surface area contributed by atoms with Crippen molar-refractivity contribution < 1.29 is 0 Å². The summed E-state index contributed by atoms with van der Waals surface area (Å²) in [6, 6.07) is 16.9. The van der Waals surface area contributed by atoms with E-state index in [0.717, 1.165) is 23.7 Å². The minimum Gasteiger partial charge on any atom is -0.343 e. The lowest BCUT2D eigenvalue weighted by Crippen LogP contribution is -2.28. The number of hydrogen-bond donors (Lipinski definition) is 0. The number of nitrogens with zero attached hydrogens (tertiary/aromatic N) is 3. The third-order valence-corrected chi connectivity index (χ3v) is 6.63. The number of imidazole rings is 1. The average molecular weight is 390 g/mol. The summed E-state index contributed by atoms with van der Waals surface area (Å²) in [7, 11) is 0. The molecule has 1 aliphatic rings. The van der Waals surface area contributed by atoms with Gasteiger partial charge in [0.05, 0.1) is 6.33 Å². The maximum Gasteiger partial charge on any atom is 0.0946 e. The Kier molecular flexibility index (Phi) is 4.48. The van der Waals surface area contributed by atoms with Gasteiger partial charge in [0, 0.05) is 53.0 Å². The Morgan fingerprint density at radius 1 is 1.00 bits per heavy atom. The van der Waals surface area contributed by atoms with Gasteiger partial charge in [-0.2, -0.15) is 0 Å². The Morgan fingerprint density at radius 2 is 1.79 bits per heavy atom. The predicted octanol–water partition coefficient (Wildman–Crippen LogP) is 6.05. The van der Waals surface area contributed by atoms with E-state index in [1.807, 2.05) is 24.7 Å². The van der Waals surface area contributed by atoms with E-state index >= 15 is 0 Å². The molecule has 142 valence electrons. The fourth-order valence-corrected chi connectivity index (χ4v) is 5.10. The van der Waals surface area contributed by atoms with Gasteiger partial charge >= 0.3 is 0 Å². The smallest absolute Gasteiger partial charge is 0.0946 e. The predicted molar refractivity (Wildman–Crippen MR) is 115 cm³/mol. The first-order valence-electron chi connectivity index (χ1n) is 10.0. The molecule has 4 heteroatoms. The van der Waals surface area contributed by atoms with Gasteiger partial charge in [-0.15, -0.1) is 0 Å². The van der Waals surface area contributed by atoms with E-state index in [1.165, 1.54) is 42.1 Å². The zero-order chi connectivity index (χ0) is 19.0. The number of rotatable bonds is 5. The molecule has 2 aromatic carbocycles. The average Bonchev–Trinajstić information content (AvgIpc) is 3.45. The molecule has 4 aromatic rings. The van der Waals surface area contributed by atoms with Crippen LogP contribution in [0.1, 0.15) is 36.8 Å². The van der Waals surface area contributed by atoms with E-state index < -0.39 is 0 Å². The second-order valence-electron chi connectivity index (χ2n) is 8.00. The highest BCUT2D eigenvalue weighted by molar-refractivity contribution is 6.31. The molecule has 0 atom stereocenters. The van der Waals surface area contributed by atoms with Crippen LogP contribution in [0.3, 0.4) is 0 Å². The van der Waals surface area contributed by atoms with E-state index in [2.05, 4.69) is 62.9 Å². The third-order valence-electron chi connectivity index (χ3n) is 6.26. The summed E-state index contributed by atoms with van der Waals surface area (Å²) in [5.41, 5.74) is 4.09. The quantitative estimate of drug-likeness (QED) is 0.407. The van der Waals surface area contributed by atoms with Crippen LogP contribution in [0.4, 0.5) is 0 Å². The van der Waals surface area contributed by atoms with Crippen LogP contribution in [0.25, 0.3) is 10.9 Å². The molecule has 0 amide bonds. The Balaban J connectivity index is 1.62. The monoisotopic (exact) mass is 389 g/mol.